The topological polar surface area (TPSA) is 72.3 Å². The highest BCUT2D eigenvalue weighted by Gasteiger charge is 2.22. The minimum atomic E-state index is -0.126. The van der Waals surface area contributed by atoms with Crippen molar-refractivity contribution < 1.29 is 9.53 Å². The van der Waals surface area contributed by atoms with Crippen molar-refractivity contribution in [2.45, 2.75) is 12.1 Å². The summed E-state index contributed by atoms with van der Waals surface area (Å²) in [6.45, 7) is 5.12. The number of rotatable bonds is 6. The van der Waals surface area contributed by atoms with Crippen LogP contribution in [0, 0.1) is 19.3 Å². The van der Waals surface area contributed by atoms with Gasteiger partial charge in [-0.3, -0.25) is 9.36 Å². The van der Waals surface area contributed by atoms with Gasteiger partial charge < -0.3 is 15.0 Å². The Balaban J connectivity index is 1.86. The van der Waals surface area contributed by atoms with Gasteiger partial charge in [-0.05, 0) is 19.1 Å². The summed E-state index contributed by atoms with van der Waals surface area (Å²) in [5.74, 6) is 3.27. The number of nitrogens with zero attached hydrogens (tertiary/aromatic N) is 4. The maximum Gasteiger partial charge on any atom is 0.232 e. The molecule has 1 fully saturated rings. The number of thioether (sulfide) groups is 1. The van der Waals surface area contributed by atoms with E-state index in [4.69, 9.17) is 11.2 Å². The fraction of sp³-hybridized carbons (Fsp3) is 0.389. The molecule has 1 amide bonds. The van der Waals surface area contributed by atoms with Crippen LogP contribution >= 0.6 is 11.8 Å². The van der Waals surface area contributed by atoms with E-state index in [9.17, 15) is 4.79 Å². The number of carbonyl (C=O) groups is 1. The summed E-state index contributed by atoms with van der Waals surface area (Å²) in [7, 11) is 0. The molecule has 3 rings (SSSR count). The van der Waals surface area contributed by atoms with Crippen molar-refractivity contribution >= 4 is 23.6 Å². The van der Waals surface area contributed by atoms with Crippen LogP contribution in [-0.4, -0.2) is 59.3 Å². The van der Waals surface area contributed by atoms with Crippen LogP contribution in [0.25, 0.3) is 5.69 Å². The van der Waals surface area contributed by atoms with Crippen LogP contribution in [0.15, 0.2) is 29.4 Å². The molecule has 136 valence electrons. The summed E-state index contributed by atoms with van der Waals surface area (Å²) in [5, 5.41) is 12.0. The van der Waals surface area contributed by atoms with Gasteiger partial charge in [-0.15, -0.1) is 16.6 Å². The second-order valence-electron chi connectivity index (χ2n) is 5.82. The Bertz CT molecular complexity index is 791. The number of benzene rings is 1. The van der Waals surface area contributed by atoms with Crippen molar-refractivity contribution in [3.05, 3.63) is 29.8 Å². The lowest BCUT2D eigenvalue weighted by molar-refractivity contribution is -0.118. The number of anilines is 1. The number of ether oxygens (including phenoxy) is 1. The highest BCUT2D eigenvalue weighted by molar-refractivity contribution is 7.99. The van der Waals surface area contributed by atoms with Crippen LogP contribution in [0.2, 0.25) is 0 Å². The molecule has 1 aliphatic rings. The fourth-order valence-electron chi connectivity index (χ4n) is 2.57. The average molecular weight is 371 g/mol. The van der Waals surface area contributed by atoms with Crippen molar-refractivity contribution in [1.29, 1.82) is 0 Å². The lowest BCUT2D eigenvalue weighted by Gasteiger charge is -2.27. The lowest BCUT2D eigenvalue weighted by Crippen LogP contribution is -2.37. The quantitative estimate of drug-likeness (QED) is 0.609. The molecule has 0 bridgehead atoms. The molecule has 0 atom stereocenters. The van der Waals surface area contributed by atoms with Crippen LogP contribution in [0.5, 0.6) is 0 Å². The third kappa shape index (κ3) is 4.36. The summed E-state index contributed by atoms with van der Waals surface area (Å²) < 4.78 is 7.42. The first-order chi connectivity index (χ1) is 12.7. The lowest BCUT2D eigenvalue weighted by atomic mass is 10.2. The second kappa shape index (κ2) is 8.74. The van der Waals surface area contributed by atoms with Crippen molar-refractivity contribution in [1.82, 2.24) is 20.1 Å². The normalized spacial score (nSPS) is 14.1. The number of terminal acetylenes is 1. The summed E-state index contributed by atoms with van der Waals surface area (Å²) in [6, 6.07) is 8.16. The number of aryl methyl sites for hydroxylation is 1. The highest BCUT2D eigenvalue weighted by Crippen LogP contribution is 2.27. The Morgan fingerprint density at radius 2 is 2.04 bits per heavy atom. The van der Waals surface area contributed by atoms with E-state index in [0.29, 0.717) is 18.4 Å². The molecule has 8 heteroatoms. The average Bonchev–Trinajstić information content (AvgIpc) is 3.10. The Labute approximate surface area is 157 Å². The predicted octanol–water partition coefficient (Wildman–Crippen LogP) is 1.25. The first kappa shape index (κ1) is 18.3. The number of aromatic nitrogens is 3. The monoisotopic (exact) mass is 371 g/mol. The van der Waals surface area contributed by atoms with Crippen molar-refractivity contribution in [3.8, 4) is 18.0 Å². The first-order valence-electron chi connectivity index (χ1n) is 8.37. The molecule has 0 unspecified atom stereocenters. The van der Waals surface area contributed by atoms with Gasteiger partial charge in [0.05, 0.1) is 31.2 Å². The van der Waals surface area contributed by atoms with Gasteiger partial charge in [0.2, 0.25) is 11.9 Å². The van der Waals surface area contributed by atoms with Gasteiger partial charge in [0.15, 0.2) is 5.16 Å². The molecule has 1 aromatic carbocycles. The maximum absolute atomic E-state index is 11.9. The fourth-order valence-corrected chi connectivity index (χ4v) is 3.35. The van der Waals surface area contributed by atoms with E-state index in [1.165, 1.54) is 17.3 Å². The van der Waals surface area contributed by atoms with E-state index in [2.05, 4.69) is 26.3 Å². The highest BCUT2D eigenvalue weighted by atomic mass is 32.2. The van der Waals surface area contributed by atoms with Gasteiger partial charge in [-0.25, -0.2) is 0 Å². The SMILES string of the molecule is C#CCNC(=O)CSc1nnc(N2CCOCC2)n1-c1ccc(C)cc1. The molecular weight excluding hydrogens is 350 g/mol. The summed E-state index contributed by atoms with van der Waals surface area (Å²) in [4.78, 5) is 14.0. The number of hydrogen-bond donors (Lipinski definition) is 1. The molecule has 1 saturated heterocycles. The van der Waals surface area contributed by atoms with Gasteiger partial charge in [0, 0.05) is 13.1 Å². The van der Waals surface area contributed by atoms with Crippen LogP contribution in [-0.2, 0) is 9.53 Å². The number of morpholine rings is 1. The maximum atomic E-state index is 11.9. The Morgan fingerprint density at radius 1 is 1.31 bits per heavy atom. The minimum Gasteiger partial charge on any atom is -0.378 e. The molecule has 0 spiro atoms. The molecule has 0 saturated carbocycles. The van der Waals surface area contributed by atoms with E-state index >= 15 is 0 Å². The third-order valence-electron chi connectivity index (χ3n) is 3.92. The van der Waals surface area contributed by atoms with E-state index in [0.717, 1.165) is 24.7 Å². The summed E-state index contributed by atoms with van der Waals surface area (Å²) in [5.41, 5.74) is 2.14. The molecule has 0 aliphatic carbocycles. The van der Waals surface area contributed by atoms with Gasteiger partial charge in [-0.2, -0.15) is 0 Å². The second-order valence-corrected chi connectivity index (χ2v) is 6.76. The smallest absolute Gasteiger partial charge is 0.232 e. The van der Waals surface area contributed by atoms with Crippen LogP contribution in [0.3, 0.4) is 0 Å². The molecule has 2 heterocycles. The van der Waals surface area contributed by atoms with Gasteiger partial charge in [0.1, 0.15) is 0 Å². The Hall–Kier alpha value is -2.50. The van der Waals surface area contributed by atoms with Gasteiger partial charge in [0.25, 0.3) is 0 Å². The molecule has 7 nitrogen and oxygen atoms in total. The molecule has 2 aromatic rings. The van der Waals surface area contributed by atoms with E-state index < -0.39 is 0 Å². The van der Waals surface area contributed by atoms with E-state index in [-0.39, 0.29) is 18.2 Å². The van der Waals surface area contributed by atoms with Crippen molar-refractivity contribution in [2.75, 3.05) is 43.5 Å². The zero-order valence-electron chi connectivity index (χ0n) is 14.6. The molecular formula is C18H21N5O2S. The molecule has 1 aromatic heterocycles. The summed E-state index contributed by atoms with van der Waals surface area (Å²) in [6.07, 6.45) is 5.17. The zero-order chi connectivity index (χ0) is 18.4. The van der Waals surface area contributed by atoms with Crippen molar-refractivity contribution in [2.24, 2.45) is 0 Å². The number of amides is 1. The van der Waals surface area contributed by atoms with Crippen LogP contribution in [0.4, 0.5) is 5.95 Å². The van der Waals surface area contributed by atoms with Gasteiger partial charge in [-0.1, -0.05) is 35.4 Å². The molecule has 1 N–H and O–H groups in total. The predicted molar refractivity (Wildman–Crippen MR) is 102 cm³/mol. The van der Waals surface area contributed by atoms with E-state index in [1.54, 1.807) is 0 Å². The first-order valence-corrected chi connectivity index (χ1v) is 9.35. The largest absolute Gasteiger partial charge is 0.378 e. The van der Waals surface area contributed by atoms with Crippen molar-refractivity contribution in [3.63, 3.8) is 0 Å². The number of nitrogens with one attached hydrogen (secondary N) is 1. The molecule has 0 radical (unpaired) electrons. The number of hydrogen-bond acceptors (Lipinski definition) is 6. The Morgan fingerprint density at radius 3 is 2.73 bits per heavy atom. The summed E-state index contributed by atoms with van der Waals surface area (Å²) >= 11 is 1.34. The van der Waals surface area contributed by atoms with Gasteiger partial charge >= 0.3 is 0 Å². The Kier molecular flexibility index (Phi) is 6.15. The van der Waals surface area contributed by atoms with Crippen LogP contribution < -0.4 is 10.2 Å². The molecule has 1 aliphatic heterocycles. The number of carbonyl (C=O) groups excluding carboxylic acids is 1. The van der Waals surface area contributed by atoms with E-state index in [1.807, 2.05) is 35.8 Å². The standard InChI is InChI=1S/C18H21N5O2S/c1-3-8-19-16(24)13-26-18-21-20-17(22-9-11-25-12-10-22)23(18)15-6-4-14(2)5-7-15/h1,4-7H,8-13H2,2H3,(H,19,24). The third-order valence-corrected chi connectivity index (χ3v) is 4.85. The zero-order valence-corrected chi connectivity index (χ0v) is 15.5. The van der Waals surface area contributed by atoms with Crippen LogP contribution in [0.1, 0.15) is 5.56 Å². The minimum absolute atomic E-state index is 0.126. The molecule has 26 heavy (non-hydrogen) atoms.